The summed E-state index contributed by atoms with van der Waals surface area (Å²) in [6, 6.07) is 26.7. The van der Waals surface area contributed by atoms with E-state index in [1.54, 1.807) is 12.1 Å². The highest BCUT2D eigenvalue weighted by Gasteiger charge is 2.09. The maximum Gasteiger partial charge on any atom is 0.269 e. The molecule has 0 radical (unpaired) electrons. The molecule has 0 aliphatic rings. The summed E-state index contributed by atoms with van der Waals surface area (Å²) in [5, 5.41) is 16.4. The Labute approximate surface area is 186 Å². The van der Waals surface area contributed by atoms with Crippen LogP contribution >= 0.6 is 0 Å². The number of nitrogens with one attached hydrogen (secondary N) is 1. The van der Waals surface area contributed by atoms with E-state index in [0.29, 0.717) is 31.3 Å². The maximum atomic E-state index is 10.8. The molecule has 4 aromatic rings. The van der Waals surface area contributed by atoms with Crippen LogP contribution < -0.4 is 14.8 Å². The third-order valence-corrected chi connectivity index (χ3v) is 5.15. The molecule has 0 fully saturated rings. The number of benzene rings is 4. The third-order valence-electron chi connectivity index (χ3n) is 5.15. The highest BCUT2D eigenvalue weighted by atomic mass is 16.6. The zero-order chi connectivity index (χ0) is 22.3. The molecule has 0 amide bonds. The molecule has 6 nitrogen and oxygen atoms in total. The fraction of sp³-hybridized carbons (Fsp3) is 0.154. The van der Waals surface area contributed by atoms with E-state index in [2.05, 4.69) is 29.6 Å². The monoisotopic (exact) mass is 428 g/mol. The summed E-state index contributed by atoms with van der Waals surface area (Å²) in [5.41, 5.74) is 3.02. The van der Waals surface area contributed by atoms with Crippen LogP contribution in [-0.4, -0.2) is 11.5 Å². The van der Waals surface area contributed by atoms with Gasteiger partial charge < -0.3 is 14.8 Å². The van der Waals surface area contributed by atoms with Crippen LogP contribution in [0.15, 0.2) is 84.9 Å². The fourth-order valence-electron chi connectivity index (χ4n) is 3.53. The van der Waals surface area contributed by atoms with Crippen molar-refractivity contribution in [3.8, 4) is 11.5 Å². The van der Waals surface area contributed by atoms with Gasteiger partial charge in [-0.2, -0.15) is 0 Å². The Hall–Kier alpha value is -4.06. The van der Waals surface area contributed by atoms with Crippen LogP contribution in [0.25, 0.3) is 10.8 Å². The van der Waals surface area contributed by atoms with Gasteiger partial charge in [-0.15, -0.1) is 0 Å². The minimum Gasteiger partial charge on any atom is -0.490 e. The zero-order valence-electron chi connectivity index (χ0n) is 17.8. The summed E-state index contributed by atoms with van der Waals surface area (Å²) in [5.74, 6) is 1.38. The van der Waals surface area contributed by atoms with Crippen molar-refractivity contribution in [3.05, 3.63) is 106 Å². The van der Waals surface area contributed by atoms with Crippen LogP contribution in [0.4, 0.5) is 11.4 Å². The maximum absolute atomic E-state index is 10.8. The first-order chi connectivity index (χ1) is 15.6. The van der Waals surface area contributed by atoms with Gasteiger partial charge in [-0.05, 0) is 53.1 Å². The van der Waals surface area contributed by atoms with Crippen LogP contribution in [0, 0.1) is 10.1 Å². The summed E-state index contributed by atoms with van der Waals surface area (Å²) in [7, 11) is 0. The molecule has 4 aromatic carbocycles. The molecule has 0 aliphatic heterocycles. The van der Waals surface area contributed by atoms with Gasteiger partial charge in [0, 0.05) is 24.4 Å². The average molecular weight is 428 g/mol. The lowest BCUT2D eigenvalue weighted by molar-refractivity contribution is -0.384. The van der Waals surface area contributed by atoms with E-state index in [0.717, 1.165) is 16.8 Å². The minimum absolute atomic E-state index is 0.0712. The Morgan fingerprint density at radius 1 is 0.875 bits per heavy atom. The summed E-state index contributed by atoms with van der Waals surface area (Å²) in [6.45, 7) is 3.48. The number of rotatable bonds is 9. The number of nitrogens with zero attached hydrogens (tertiary/aromatic N) is 1. The first kappa shape index (κ1) is 21.2. The van der Waals surface area contributed by atoms with Crippen molar-refractivity contribution in [1.29, 1.82) is 0 Å². The number of ether oxygens (including phenoxy) is 2. The second-order valence-electron chi connectivity index (χ2n) is 7.30. The predicted octanol–water partition coefficient (Wildman–Crippen LogP) is 6.34. The van der Waals surface area contributed by atoms with Crippen molar-refractivity contribution in [1.82, 2.24) is 0 Å². The predicted molar refractivity (Wildman–Crippen MR) is 126 cm³/mol. The van der Waals surface area contributed by atoms with Gasteiger partial charge in [0.1, 0.15) is 6.61 Å². The zero-order valence-corrected chi connectivity index (χ0v) is 17.8. The first-order valence-electron chi connectivity index (χ1n) is 10.5. The van der Waals surface area contributed by atoms with Crippen LogP contribution in [0.2, 0.25) is 0 Å². The van der Waals surface area contributed by atoms with E-state index in [9.17, 15) is 10.1 Å². The van der Waals surface area contributed by atoms with Gasteiger partial charge in [-0.1, -0.05) is 48.5 Å². The van der Waals surface area contributed by atoms with E-state index >= 15 is 0 Å². The average Bonchev–Trinajstić information content (AvgIpc) is 2.82. The van der Waals surface area contributed by atoms with Crippen molar-refractivity contribution in [2.45, 2.75) is 20.1 Å². The Balaban J connectivity index is 1.45. The fourth-order valence-corrected chi connectivity index (χ4v) is 3.53. The SMILES string of the molecule is CCOc1cc(CNc2ccc([N+](=O)[O-])cc2)ccc1OCc1cccc2ccccc12. The molecule has 1 N–H and O–H groups in total. The summed E-state index contributed by atoms with van der Waals surface area (Å²) >= 11 is 0. The quantitative estimate of drug-likeness (QED) is 0.249. The largest absolute Gasteiger partial charge is 0.490 e. The van der Waals surface area contributed by atoms with E-state index in [-0.39, 0.29) is 5.69 Å². The van der Waals surface area contributed by atoms with Gasteiger partial charge in [0.25, 0.3) is 5.69 Å². The topological polar surface area (TPSA) is 73.6 Å². The lowest BCUT2D eigenvalue weighted by Crippen LogP contribution is -2.03. The minimum atomic E-state index is -0.408. The van der Waals surface area contributed by atoms with Crippen molar-refractivity contribution in [2.24, 2.45) is 0 Å². The molecule has 162 valence electrons. The number of anilines is 1. The number of nitro benzene ring substituents is 1. The number of fused-ring (bicyclic) bond motifs is 1. The van der Waals surface area contributed by atoms with Gasteiger partial charge in [0.15, 0.2) is 11.5 Å². The molecule has 32 heavy (non-hydrogen) atoms. The molecule has 0 bridgehead atoms. The number of non-ortho nitro benzene ring substituents is 1. The van der Waals surface area contributed by atoms with Gasteiger partial charge >= 0.3 is 0 Å². The number of nitro groups is 1. The van der Waals surface area contributed by atoms with Crippen LogP contribution in [0.3, 0.4) is 0 Å². The van der Waals surface area contributed by atoms with E-state index in [1.165, 1.54) is 22.9 Å². The Bertz CT molecular complexity index is 1220. The first-order valence-corrected chi connectivity index (χ1v) is 10.5. The van der Waals surface area contributed by atoms with Crippen LogP contribution in [0.1, 0.15) is 18.1 Å². The molecule has 0 heterocycles. The molecule has 0 saturated carbocycles. The Morgan fingerprint density at radius 2 is 1.66 bits per heavy atom. The third kappa shape index (κ3) is 4.98. The lowest BCUT2D eigenvalue weighted by atomic mass is 10.1. The second kappa shape index (κ2) is 9.83. The number of hydrogen-bond donors (Lipinski definition) is 1. The normalized spacial score (nSPS) is 10.7. The van der Waals surface area contributed by atoms with Crippen molar-refractivity contribution < 1.29 is 14.4 Å². The molecular weight excluding hydrogens is 404 g/mol. The molecule has 0 aromatic heterocycles. The van der Waals surface area contributed by atoms with Gasteiger partial charge in [-0.3, -0.25) is 10.1 Å². The van der Waals surface area contributed by atoms with Gasteiger partial charge in [-0.25, -0.2) is 0 Å². The molecule has 0 saturated heterocycles. The van der Waals surface area contributed by atoms with E-state index in [1.807, 2.05) is 43.3 Å². The van der Waals surface area contributed by atoms with Gasteiger partial charge in [0.05, 0.1) is 11.5 Å². The van der Waals surface area contributed by atoms with Crippen molar-refractivity contribution in [3.63, 3.8) is 0 Å². The van der Waals surface area contributed by atoms with Gasteiger partial charge in [0.2, 0.25) is 0 Å². The van der Waals surface area contributed by atoms with E-state index in [4.69, 9.17) is 9.47 Å². The van der Waals surface area contributed by atoms with Crippen molar-refractivity contribution >= 4 is 22.1 Å². The standard InChI is InChI=1S/C26H24N2O4/c1-2-31-26-16-19(17-27-22-11-13-23(14-12-22)28(29)30)10-15-25(26)32-18-21-8-5-7-20-6-3-4-9-24(20)21/h3-16,27H,2,17-18H2,1H3. The Kier molecular flexibility index (Phi) is 6.51. The molecule has 0 unspecified atom stereocenters. The summed E-state index contributed by atoms with van der Waals surface area (Å²) < 4.78 is 11.9. The van der Waals surface area contributed by atoms with E-state index < -0.39 is 4.92 Å². The molecule has 0 atom stereocenters. The molecular formula is C26H24N2O4. The Morgan fingerprint density at radius 3 is 2.44 bits per heavy atom. The molecule has 0 aliphatic carbocycles. The molecule has 6 heteroatoms. The second-order valence-corrected chi connectivity index (χ2v) is 7.30. The highest BCUT2D eigenvalue weighted by Crippen LogP contribution is 2.30. The summed E-state index contributed by atoms with van der Waals surface area (Å²) in [4.78, 5) is 10.4. The summed E-state index contributed by atoms with van der Waals surface area (Å²) in [6.07, 6.45) is 0. The van der Waals surface area contributed by atoms with Crippen LogP contribution in [-0.2, 0) is 13.2 Å². The van der Waals surface area contributed by atoms with Crippen molar-refractivity contribution in [2.75, 3.05) is 11.9 Å². The smallest absolute Gasteiger partial charge is 0.269 e. The molecule has 4 rings (SSSR count). The van der Waals surface area contributed by atoms with Crippen LogP contribution in [0.5, 0.6) is 11.5 Å². The molecule has 0 spiro atoms. The highest BCUT2D eigenvalue weighted by molar-refractivity contribution is 5.85. The number of hydrogen-bond acceptors (Lipinski definition) is 5. The lowest BCUT2D eigenvalue weighted by Gasteiger charge is -2.15.